The largest absolute Gasteiger partial charge is 0.477 e. The Morgan fingerprint density at radius 3 is 2.48 bits per heavy atom. The lowest BCUT2D eigenvalue weighted by Gasteiger charge is -2.05. The number of carboxylic acid groups (broad SMARTS) is 1. The van der Waals surface area contributed by atoms with Crippen molar-refractivity contribution in [3.63, 3.8) is 0 Å². The second-order valence-electron chi connectivity index (χ2n) is 5.36. The molecule has 0 radical (unpaired) electrons. The Labute approximate surface area is 159 Å². The molecule has 0 atom stereocenters. The summed E-state index contributed by atoms with van der Waals surface area (Å²) in [4.78, 5) is 22.8. The molecule has 27 heavy (non-hydrogen) atoms. The number of pyridine rings is 1. The molecule has 3 rings (SSSR count). The molecule has 0 saturated heterocycles. The van der Waals surface area contributed by atoms with Crippen LogP contribution in [0.1, 0.15) is 10.5 Å². The molecule has 0 spiro atoms. The van der Waals surface area contributed by atoms with E-state index in [1.165, 1.54) is 18.3 Å². The van der Waals surface area contributed by atoms with Crippen LogP contribution in [-0.4, -0.2) is 40.2 Å². The van der Waals surface area contributed by atoms with Crippen molar-refractivity contribution >= 4 is 44.3 Å². The van der Waals surface area contributed by atoms with Crippen LogP contribution in [0.2, 0.25) is 5.15 Å². The number of para-hydroxylation sites is 2. The van der Waals surface area contributed by atoms with Gasteiger partial charge in [-0.1, -0.05) is 29.8 Å². The maximum atomic E-state index is 12.2. The third kappa shape index (κ3) is 4.39. The Morgan fingerprint density at radius 1 is 1.15 bits per heavy atom. The first kappa shape index (κ1) is 18.7. The molecule has 10 heteroatoms. The van der Waals surface area contributed by atoms with Crippen molar-refractivity contribution in [2.24, 2.45) is 0 Å². The third-order valence-electron chi connectivity index (χ3n) is 3.50. The molecule has 3 aromatic rings. The lowest BCUT2D eigenvalue weighted by atomic mass is 10.3. The molecule has 1 aromatic carbocycles. The number of aromatic nitrogens is 3. The monoisotopic (exact) mass is 404 g/mol. The second-order valence-corrected chi connectivity index (χ2v) is 7.76. The van der Waals surface area contributed by atoms with Gasteiger partial charge in [-0.3, -0.25) is 0 Å². The van der Waals surface area contributed by atoms with Gasteiger partial charge in [0, 0.05) is 6.20 Å². The normalized spacial score (nSPS) is 11.7. The molecule has 0 aliphatic rings. The van der Waals surface area contributed by atoms with E-state index >= 15 is 0 Å². The van der Waals surface area contributed by atoms with Crippen molar-refractivity contribution in [2.75, 3.05) is 11.1 Å². The van der Waals surface area contributed by atoms with E-state index in [9.17, 15) is 13.2 Å². The van der Waals surface area contributed by atoms with Crippen LogP contribution in [0.3, 0.4) is 0 Å². The number of halogens is 1. The molecular formula is C17H13ClN4O4S. The highest BCUT2D eigenvalue weighted by Crippen LogP contribution is 2.21. The first-order valence-electron chi connectivity index (χ1n) is 7.63. The summed E-state index contributed by atoms with van der Waals surface area (Å²) in [5.41, 5.74) is 1.07. The first-order chi connectivity index (χ1) is 12.9. The second kappa shape index (κ2) is 7.68. The van der Waals surface area contributed by atoms with Crippen LogP contribution in [0, 0.1) is 0 Å². The fourth-order valence-electron chi connectivity index (χ4n) is 2.17. The summed E-state index contributed by atoms with van der Waals surface area (Å²) in [5, 5.41) is 11.8. The van der Waals surface area contributed by atoms with Gasteiger partial charge in [-0.15, -0.1) is 0 Å². The van der Waals surface area contributed by atoms with Crippen LogP contribution in [0.4, 0.5) is 5.82 Å². The lowest BCUT2D eigenvalue weighted by molar-refractivity contribution is 0.0690. The van der Waals surface area contributed by atoms with Gasteiger partial charge in [0.05, 0.1) is 21.7 Å². The average Bonchev–Trinajstić information content (AvgIpc) is 2.65. The van der Waals surface area contributed by atoms with Gasteiger partial charge in [0.25, 0.3) is 0 Å². The number of carboxylic acids is 1. The highest BCUT2D eigenvalue weighted by molar-refractivity contribution is 7.91. The summed E-state index contributed by atoms with van der Waals surface area (Å²) < 4.78 is 24.5. The number of anilines is 1. The smallest absolute Gasteiger partial charge is 0.354 e. The van der Waals surface area contributed by atoms with Crippen molar-refractivity contribution in [3.8, 4) is 0 Å². The average molecular weight is 405 g/mol. The number of hydrogen-bond acceptors (Lipinski definition) is 7. The van der Waals surface area contributed by atoms with E-state index in [1.54, 1.807) is 12.1 Å². The van der Waals surface area contributed by atoms with Crippen LogP contribution < -0.4 is 5.32 Å². The molecule has 0 aliphatic carbocycles. The molecule has 2 aromatic heterocycles. The van der Waals surface area contributed by atoms with E-state index in [-0.39, 0.29) is 21.5 Å². The molecule has 2 heterocycles. The van der Waals surface area contributed by atoms with Crippen LogP contribution >= 0.6 is 11.6 Å². The number of nitrogens with one attached hydrogen (secondary N) is 1. The van der Waals surface area contributed by atoms with Crippen molar-refractivity contribution < 1.29 is 18.3 Å². The Morgan fingerprint density at radius 2 is 1.85 bits per heavy atom. The van der Waals surface area contributed by atoms with Crippen LogP contribution in [0.15, 0.2) is 59.8 Å². The van der Waals surface area contributed by atoms with Gasteiger partial charge in [-0.2, -0.15) is 0 Å². The minimum Gasteiger partial charge on any atom is -0.477 e. The zero-order chi connectivity index (χ0) is 19.4. The summed E-state index contributed by atoms with van der Waals surface area (Å²) in [6.07, 6.45) is 3.81. The lowest BCUT2D eigenvalue weighted by Crippen LogP contribution is -2.07. The fourth-order valence-corrected chi connectivity index (χ4v) is 3.39. The van der Waals surface area contributed by atoms with E-state index in [0.717, 1.165) is 12.3 Å². The summed E-state index contributed by atoms with van der Waals surface area (Å²) in [6, 6.07) is 9.56. The third-order valence-corrected chi connectivity index (χ3v) is 5.35. The van der Waals surface area contributed by atoms with Gasteiger partial charge in [0.15, 0.2) is 20.8 Å². The molecule has 0 saturated carbocycles. The number of fused-ring (bicyclic) bond motifs is 1. The number of rotatable bonds is 6. The molecule has 0 bridgehead atoms. The minimum absolute atomic E-state index is 0.0688. The molecule has 138 valence electrons. The number of benzene rings is 1. The molecule has 0 aliphatic heterocycles. The molecule has 8 nitrogen and oxygen atoms in total. The van der Waals surface area contributed by atoms with E-state index < -0.39 is 15.8 Å². The SMILES string of the molecule is O=C(O)c1ccc(S(=O)(=O)CC=CNc2nc3ccccc3nc2Cl)cn1. The Hall–Kier alpha value is -3.04. The van der Waals surface area contributed by atoms with Gasteiger partial charge >= 0.3 is 5.97 Å². The number of hydrogen-bond donors (Lipinski definition) is 2. The Kier molecular flexibility index (Phi) is 5.33. The summed E-state index contributed by atoms with van der Waals surface area (Å²) in [6.45, 7) is 0. The zero-order valence-corrected chi connectivity index (χ0v) is 15.3. The molecular weight excluding hydrogens is 392 g/mol. The van der Waals surface area contributed by atoms with Gasteiger partial charge in [-0.05, 0) is 30.5 Å². The highest BCUT2D eigenvalue weighted by atomic mass is 35.5. The summed E-state index contributed by atoms with van der Waals surface area (Å²) in [7, 11) is -3.65. The molecule has 0 amide bonds. The number of aromatic carboxylic acids is 1. The molecule has 0 fully saturated rings. The standard InChI is InChI=1S/C17H13ClN4O4S/c18-15-16(22-13-5-2-1-4-12(13)21-15)19-8-3-9-27(25,26)11-6-7-14(17(23)24)20-10-11/h1-8,10H,9H2,(H,19,22)(H,23,24). The summed E-state index contributed by atoms with van der Waals surface area (Å²) >= 11 is 6.06. The zero-order valence-electron chi connectivity index (χ0n) is 13.7. The van der Waals surface area contributed by atoms with Crippen molar-refractivity contribution in [3.05, 3.63) is 65.7 Å². The Balaban J connectivity index is 1.70. The Bertz CT molecular complexity index is 1130. The van der Waals surface area contributed by atoms with Crippen molar-refractivity contribution in [1.29, 1.82) is 0 Å². The highest BCUT2D eigenvalue weighted by Gasteiger charge is 2.14. The molecule has 0 unspecified atom stereocenters. The number of nitrogens with zero attached hydrogens (tertiary/aromatic N) is 3. The first-order valence-corrected chi connectivity index (χ1v) is 9.66. The van der Waals surface area contributed by atoms with Gasteiger partial charge in [-0.25, -0.2) is 28.2 Å². The van der Waals surface area contributed by atoms with Crippen LogP contribution in [0.5, 0.6) is 0 Å². The predicted molar refractivity (Wildman–Crippen MR) is 101 cm³/mol. The topological polar surface area (TPSA) is 122 Å². The van der Waals surface area contributed by atoms with E-state index in [4.69, 9.17) is 16.7 Å². The van der Waals surface area contributed by atoms with Gasteiger partial charge in [0.2, 0.25) is 0 Å². The maximum Gasteiger partial charge on any atom is 0.354 e. The summed E-state index contributed by atoms with van der Waals surface area (Å²) in [5.74, 6) is -1.24. The minimum atomic E-state index is -3.65. The fraction of sp³-hybridized carbons (Fsp3) is 0.0588. The van der Waals surface area contributed by atoms with E-state index in [1.807, 2.05) is 12.1 Å². The van der Waals surface area contributed by atoms with E-state index in [0.29, 0.717) is 16.9 Å². The van der Waals surface area contributed by atoms with Crippen molar-refractivity contribution in [1.82, 2.24) is 15.0 Å². The number of carbonyl (C=O) groups is 1. The number of sulfone groups is 1. The van der Waals surface area contributed by atoms with Gasteiger partial charge in [0.1, 0.15) is 5.69 Å². The molecule has 2 N–H and O–H groups in total. The van der Waals surface area contributed by atoms with Crippen LogP contribution in [0.25, 0.3) is 11.0 Å². The predicted octanol–water partition coefficient (Wildman–Crippen LogP) is 2.78. The quantitative estimate of drug-likeness (QED) is 0.643. The maximum absolute atomic E-state index is 12.2. The van der Waals surface area contributed by atoms with Crippen LogP contribution in [-0.2, 0) is 9.84 Å². The van der Waals surface area contributed by atoms with E-state index in [2.05, 4.69) is 20.3 Å². The van der Waals surface area contributed by atoms with Gasteiger partial charge < -0.3 is 10.4 Å². The van der Waals surface area contributed by atoms with Crippen molar-refractivity contribution in [2.45, 2.75) is 4.90 Å².